The van der Waals surface area contributed by atoms with E-state index in [0.29, 0.717) is 0 Å². The predicted octanol–water partition coefficient (Wildman–Crippen LogP) is -1.84. The lowest BCUT2D eigenvalue weighted by Crippen LogP contribution is -2.41. The lowest BCUT2D eigenvalue weighted by atomic mass is 10.1. The molecule has 1 heterocycles. The van der Waals surface area contributed by atoms with Gasteiger partial charge in [0.1, 0.15) is 24.0 Å². The molecular formula is C15H18N4O5. The van der Waals surface area contributed by atoms with Crippen molar-refractivity contribution in [2.24, 2.45) is 10.1 Å². The van der Waals surface area contributed by atoms with Crippen LogP contribution in [-0.2, 0) is 4.79 Å². The quantitative estimate of drug-likeness (QED) is 0.205. The summed E-state index contributed by atoms with van der Waals surface area (Å²) >= 11 is 0. The minimum Gasteiger partial charge on any atom is -0.394 e. The maximum atomic E-state index is 11.8. The molecule has 1 aliphatic heterocycles. The van der Waals surface area contributed by atoms with E-state index in [1.54, 1.807) is 6.08 Å². The average molecular weight is 334 g/mol. The summed E-state index contributed by atoms with van der Waals surface area (Å²) in [6.45, 7) is -0.699. The third-order valence-corrected chi connectivity index (χ3v) is 3.13. The normalized spacial score (nSPS) is 19.9. The van der Waals surface area contributed by atoms with E-state index in [-0.39, 0.29) is 11.7 Å². The van der Waals surface area contributed by atoms with E-state index in [1.807, 2.05) is 30.3 Å². The molecule has 3 unspecified atom stereocenters. The van der Waals surface area contributed by atoms with Gasteiger partial charge in [0.25, 0.3) is 5.91 Å². The first-order valence-electron chi connectivity index (χ1n) is 7.12. The van der Waals surface area contributed by atoms with Crippen LogP contribution in [0.25, 0.3) is 6.08 Å². The number of benzene rings is 1. The minimum absolute atomic E-state index is 0.0582. The summed E-state index contributed by atoms with van der Waals surface area (Å²) in [6, 6.07) is 9.17. The Labute approximate surface area is 137 Å². The monoisotopic (exact) mass is 334 g/mol. The molecule has 24 heavy (non-hydrogen) atoms. The highest BCUT2D eigenvalue weighted by molar-refractivity contribution is 6.13. The molecule has 1 aromatic rings. The first-order chi connectivity index (χ1) is 11.5. The van der Waals surface area contributed by atoms with Crippen molar-refractivity contribution in [1.29, 1.82) is 0 Å². The molecule has 0 aliphatic carbocycles. The van der Waals surface area contributed by atoms with E-state index in [9.17, 15) is 20.1 Å². The van der Waals surface area contributed by atoms with Gasteiger partial charge in [-0.25, -0.2) is 10.4 Å². The average Bonchev–Trinajstić information content (AvgIpc) is 2.93. The van der Waals surface area contributed by atoms with Crippen LogP contribution in [-0.4, -0.2) is 63.4 Å². The van der Waals surface area contributed by atoms with Gasteiger partial charge in [0.05, 0.1) is 12.8 Å². The third-order valence-electron chi connectivity index (χ3n) is 3.13. The zero-order valence-corrected chi connectivity index (χ0v) is 12.6. The predicted molar refractivity (Wildman–Crippen MR) is 86.7 cm³/mol. The molecule has 0 aromatic heterocycles. The highest BCUT2D eigenvalue weighted by Crippen LogP contribution is 2.11. The number of hydrogen-bond acceptors (Lipinski definition) is 8. The van der Waals surface area contributed by atoms with Gasteiger partial charge in [0.2, 0.25) is 5.96 Å². The Bertz CT molecular complexity index is 659. The number of guanidine groups is 1. The van der Waals surface area contributed by atoms with E-state index in [4.69, 9.17) is 5.11 Å². The van der Waals surface area contributed by atoms with Crippen molar-refractivity contribution in [2.75, 3.05) is 6.61 Å². The summed E-state index contributed by atoms with van der Waals surface area (Å²) < 4.78 is 0. The Hall–Kier alpha value is -2.59. The summed E-state index contributed by atoms with van der Waals surface area (Å²) in [7, 11) is 0. The Morgan fingerprint density at radius 2 is 1.96 bits per heavy atom. The van der Waals surface area contributed by atoms with Crippen LogP contribution in [0.15, 0.2) is 46.1 Å². The van der Waals surface area contributed by atoms with Gasteiger partial charge in [-0.15, -0.1) is 0 Å². The largest absolute Gasteiger partial charge is 0.394 e. The maximum Gasteiger partial charge on any atom is 0.276 e. The van der Waals surface area contributed by atoms with Crippen LogP contribution in [0.3, 0.4) is 0 Å². The first kappa shape index (κ1) is 17.8. The topological polar surface area (TPSA) is 147 Å². The number of aliphatic imine (C=N–C) groups is 1. The standard InChI is InChI=1S/C15H18N4O5/c20-8-12(22)13(23)11(21)7-16-19-15-17-10(14(24)18-15)6-9-4-2-1-3-5-9/h1-7,11-13,20-23H,8H2,(H2,17,18,19,24)/b10-6+,16-7?. The molecule has 9 heteroatoms. The van der Waals surface area contributed by atoms with E-state index in [0.717, 1.165) is 11.8 Å². The molecule has 2 rings (SSSR count). The van der Waals surface area contributed by atoms with Crippen molar-refractivity contribution >= 4 is 24.2 Å². The van der Waals surface area contributed by atoms with Gasteiger partial charge >= 0.3 is 0 Å². The fourth-order valence-corrected chi connectivity index (χ4v) is 1.83. The van der Waals surface area contributed by atoms with Crippen LogP contribution in [0.5, 0.6) is 0 Å². The van der Waals surface area contributed by atoms with Crippen LogP contribution < -0.4 is 10.7 Å². The fraction of sp³-hybridized carbons (Fsp3) is 0.267. The molecule has 1 aromatic carbocycles. The molecule has 1 aliphatic rings. The fourth-order valence-electron chi connectivity index (χ4n) is 1.83. The molecule has 0 bridgehead atoms. The Kier molecular flexibility index (Phi) is 6.15. The van der Waals surface area contributed by atoms with E-state index in [2.05, 4.69) is 20.8 Å². The zero-order chi connectivity index (χ0) is 17.5. The van der Waals surface area contributed by atoms with Crippen molar-refractivity contribution in [3.05, 3.63) is 41.6 Å². The molecule has 0 saturated heterocycles. The SMILES string of the molecule is O=C1NC(NN=CC(O)C(O)C(O)CO)=N/C1=C/c1ccccc1. The molecule has 0 radical (unpaired) electrons. The molecule has 0 fully saturated rings. The second-order valence-electron chi connectivity index (χ2n) is 4.98. The number of nitrogens with zero attached hydrogens (tertiary/aromatic N) is 2. The van der Waals surface area contributed by atoms with Gasteiger partial charge in [-0.05, 0) is 11.6 Å². The van der Waals surface area contributed by atoms with Gasteiger partial charge in [-0.1, -0.05) is 30.3 Å². The van der Waals surface area contributed by atoms with Crippen molar-refractivity contribution in [3.8, 4) is 0 Å². The lowest BCUT2D eigenvalue weighted by molar-refractivity contribution is -0.115. The smallest absolute Gasteiger partial charge is 0.276 e. The summed E-state index contributed by atoms with van der Waals surface area (Å²) in [5.74, 6) is -0.351. The summed E-state index contributed by atoms with van der Waals surface area (Å²) in [5.41, 5.74) is 3.40. The van der Waals surface area contributed by atoms with Crippen LogP contribution in [0, 0.1) is 0 Å². The van der Waals surface area contributed by atoms with Crippen LogP contribution in [0.4, 0.5) is 0 Å². The Balaban J connectivity index is 1.96. The first-order valence-corrected chi connectivity index (χ1v) is 7.12. The number of carbonyl (C=O) groups is 1. The summed E-state index contributed by atoms with van der Waals surface area (Å²) in [6.07, 6.45) is -2.07. The zero-order valence-electron chi connectivity index (χ0n) is 12.6. The molecule has 128 valence electrons. The number of hydrogen-bond donors (Lipinski definition) is 6. The third kappa shape index (κ3) is 4.70. The molecule has 3 atom stereocenters. The molecule has 0 saturated carbocycles. The summed E-state index contributed by atoms with van der Waals surface area (Å²) in [5, 5.41) is 42.9. The minimum atomic E-state index is -1.59. The molecule has 6 N–H and O–H groups in total. The van der Waals surface area contributed by atoms with Gasteiger partial charge in [0, 0.05) is 0 Å². The van der Waals surface area contributed by atoms with Crippen molar-refractivity contribution in [2.45, 2.75) is 18.3 Å². The van der Waals surface area contributed by atoms with Crippen molar-refractivity contribution < 1.29 is 25.2 Å². The number of hydrazone groups is 1. The number of rotatable bonds is 6. The summed E-state index contributed by atoms with van der Waals surface area (Å²) in [4.78, 5) is 15.8. The van der Waals surface area contributed by atoms with Gasteiger partial charge in [-0.2, -0.15) is 5.10 Å². The van der Waals surface area contributed by atoms with Crippen molar-refractivity contribution in [3.63, 3.8) is 0 Å². The van der Waals surface area contributed by atoms with E-state index >= 15 is 0 Å². The second kappa shape index (κ2) is 8.31. The van der Waals surface area contributed by atoms with Gasteiger partial charge < -0.3 is 20.4 Å². The Morgan fingerprint density at radius 1 is 1.25 bits per heavy atom. The van der Waals surface area contributed by atoms with Crippen LogP contribution in [0.1, 0.15) is 5.56 Å². The molecular weight excluding hydrogens is 316 g/mol. The highest BCUT2D eigenvalue weighted by atomic mass is 16.4. The van der Waals surface area contributed by atoms with E-state index < -0.39 is 30.8 Å². The van der Waals surface area contributed by atoms with Crippen LogP contribution >= 0.6 is 0 Å². The van der Waals surface area contributed by atoms with E-state index in [1.165, 1.54) is 0 Å². The second-order valence-corrected chi connectivity index (χ2v) is 4.98. The van der Waals surface area contributed by atoms with Crippen molar-refractivity contribution in [1.82, 2.24) is 10.7 Å². The maximum absolute atomic E-state index is 11.8. The molecule has 9 nitrogen and oxygen atoms in total. The molecule has 0 spiro atoms. The number of carbonyl (C=O) groups excluding carboxylic acids is 1. The number of amides is 1. The van der Waals surface area contributed by atoms with Gasteiger partial charge in [-0.3, -0.25) is 10.1 Å². The van der Waals surface area contributed by atoms with Gasteiger partial charge in [0.15, 0.2) is 0 Å². The number of nitrogens with one attached hydrogen (secondary N) is 2. The Morgan fingerprint density at radius 3 is 2.62 bits per heavy atom. The number of aliphatic hydroxyl groups is 4. The highest BCUT2D eigenvalue weighted by Gasteiger charge is 2.23. The number of aliphatic hydroxyl groups excluding tert-OH is 4. The van der Waals surface area contributed by atoms with Crippen LogP contribution in [0.2, 0.25) is 0 Å². The molecule has 1 amide bonds. The lowest BCUT2D eigenvalue weighted by Gasteiger charge is -2.17.